The van der Waals surface area contributed by atoms with E-state index >= 15 is 0 Å². The van der Waals surface area contributed by atoms with Crippen LogP contribution >= 0.6 is 11.8 Å². The summed E-state index contributed by atoms with van der Waals surface area (Å²) in [5.74, 6) is -0.861. The van der Waals surface area contributed by atoms with Crippen molar-refractivity contribution >= 4 is 35.2 Å². The lowest BCUT2D eigenvalue weighted by Gasteiger charge is -2.17. The smallest absolute Gasteiger partial charge is 0.342 e. The Morgan fingerprint density at radius 1 is 1.38 bits per heavy atom. The van der Waals surface area contributed by atoms with E-state index in [0.717, 1.165) is 37.7 Å². The first-order chi connectivity index (χ1) is 12.4. The van der Waals surface area contributed by atoms with Gasteiger partial charge < -0.3 is 14.4 Å². The molecule has 1 aliphatic rings. The van der Waals surface area contributed by atoms with Crippen molar-refractivity contribution in [2.45, 2.75) is 25.0 Å². The Kier molecular flexibility index (Phi) is 5.21. The molecule has 0 radical (unpaired) electrons. The number of aromatic nitrogens is 2. The van der Waals surface area contributed by atoms with E-state index in [-0.39, 0.29) is 15.8 Å². The van der Waals surface area contributed by atoms with Gasteiger partial charge >= 0.3 is 5.97 Å². The monoisotopic (exact) mass is 376 g/mol. The van der Waals surface area contributed by atoms with Gasteiger partial charge in [-0.2, -0.15) is 0 Å². The van der Waals surface area contributed by atoms with Crippen molar-refractivity contribution < 1.29 is 19.2 Å². The van der Waals surface area contributed by atoms with E-state index in [1.54, 1.807) is 19.1 Å². The van der Waals surface area contributed by atoms with Crippen LogP contribution in [0.2, 0.25) is 0 Å². The lowest BCUT2D eigenvalue weighted by Crippen LogP contribution is -2.18. The van der Waals surface area contributed by atoms with Crippen molar-refractivity contribution in [1.29, 1.82) is 0 Å². The predicted octanol–water partition coefficient (Wildman–Crippen LogP) is 3.10. The minimum Gasteiger partial charge on any atom is -0.477 e. The van der Waals surface area contributed by atoms with Gasteiger partial charge in [0.1, 0.15) is 10.6 Å². The van der Waals surface area contributed by atoms with Gasteiger partial charge in [0.2, 0.25) is 5.89 Å². The molecule has 1 aromatic heterocycles. The van der Waals surface area contributed by atoms with Crippen LogP contribution in [0.1, 0.15) is 24.3 Å². The lowest BCUT2D eigenvalue weighted by molar-refractivity contribution is -0.384. The number of carboxylic acid groups (broad SMARTS) is 1. The number of hydrogen-bond acceptors (Lipinski definition) is 8. The molecule has 0 aliphatic carbocycles. The van der Waals surface area contributed by atoms with Crippen LogP contribution in [0.4, 0.5) is 11.4 Å². The number of nitro groups is 1. The molecule has 0 bridgehead atoms. The SMILES string of the molecule is Cc1nnc(S/C(=C/c2ccc(N3CCCC3)c([N+](=O)[O-])c2)C(=O)O)o1. The summed E-state index contributed by atoms with van der Waals surface area (Å²) in [7, 11) is 0. The van der Waals surface area contributed by atoms with Gasteiger partial charge in [0.05, 0.1) is 4.92 Å². The Labute approximate surface area is 152 Å². The van der Waals surface area contributed by atoms with Gasteiger partial charge in [-0.05, 0) is 42.3 Å². The van der Waals surface area contributed by atoms with Crippen molar-refractivity contribution in [3.05, 3.63) is 44.7 Å². The number of aryl methyl sites for hydroxylation is 1. The topological polar surface area (TPSA) is 123 Å². The third-order valence-electron chi connectivity index (χ3n) is 3.86. The number of benzene rings is 1. The van der Waals surface area contributed by atoms with Crippen LogP contribution < -0.4 is 4.90 Å². The summed E-state index contributed by atoms with van der Waals surface area (Å²) in [6.07, 6.45) is 3.36. The zero-order valence-electron chi connectivity index (χ0n) is 13.9. The fourth-order valence-corrected chi connectivity index (χ4v) is 3.42. The molecule has 2 heterocycles. The third kappa shape index (κ3) is 4.02. The molecule has 1 aliphatic heterocycles. The van der Waals surface area contributed by atoms with Crippen LogP contribution in [0.25, 0.3) is 6.08 Å². The summed E-state index contributed by atoms with van der Waals surface area (Å²) in [6, 6.07) is 4.72. The number of carboxylic acids is 1. The number of nitro benzene ring substituents is 1. The molecule has 0 spiro atoms. The fourth-order valence-electron chi connectivity index (χ4n) is 2.70. The molecule has 136 valence electrons. The summed E-state index contributed by atoms with van der Waals surface area (Å²) in [6.45, 7) is 3.16. The first-order valence-corrected chi connectivity index (χ1v) is 8.72. The number of thioether (sulfide) groups is 1. The standard InChI is InChI=1S/C16H16N4O5S/c1-10-17-18-16(25-10)26-14(15(21)22)9-11-4-5-12(13(8-11)20(23)24)19-6-2-3-7-19/h4-5,8-9H,2-3,6-7H2,1H3,(H,21,22)/b14-9+. The number of aliphatic carboxylic acids is 1. The second-order valence-corrected chi connectivity index (χ2v) is 6.70. The molecule has 3 rings (SSSR count). The summed E-state index contributed by atoms with van der Waals surface area (Å²) in [4.78, 5) is 24.4. The van der Waals surface area contributed by atoms with Crippen LogP contribution in [-0.2, 0) is 4.79 Å². The maximum absolute atomic E-state index is 11.5. The fraction of sp³-hybridized carbons (Fsp3) is 0.312. The van der Waals surface area contributed by atoms with E-state index < -0.39 is 10.9 Å². The first-order valence-electron chi connectivity index (χ1n) is 7.90. The molecule has 1 N–H and O–H groups in total. The maximum atomic E-state index is 11.5. The zero-order valence-corrected chi connectivity index (χ0v) is 14.7. The normalized spacial score (nSPS) is 14.7. The van der Waals surface area contributed by atoms with E-state index in [1.165, 1.54) is 12.1 Å². The molecule has 1 saturated heterocycles. The lowest BCUT2D eigenvalue weighted by atomic mass is 10.1. The Morgan fingerprint density at radius 2 is 2.12 bits per heavy atom. The predicted molar refractivity (Wildman–Crippen MR) is 95.0 cm³/mol. The average Bonchev–Trinajstić information content (AvgIpc) is 3.26. The second kappa shape index (κ2) is 7.56. The van der Waals surface area contributed by atoms with Crippen LogP contribution in [0.15, 0.2) is 32.7 Å². The van der Waals surface area contributed by atoms with Crippen molar-refractivity contribution in [3.63, 3.8) is 0 Å². The summed E-state index contributed by atoms with van der Waals surface area (Å²) >= 11 is 0.797. The van der Waals surface area contributed by atoms with E-state index in [9.17, 15) is 20.0 Å². The Morgan fingerprint density at radius 3 is 2.69 bits per heavy atom. The molecular formula is C16H16N4O5S. The number of rotatable bonds is 6. The third-order valence-corrected chi connectivity index (χ3v) is 4.71. The van der Waals surface area contributed by atoms with Crippen molar-refractivity contribution in [3.8, 4) is 0 Å². The summed E-state index contributed by atoms with van der Waals surface area (Å²) in [5, 5.41) is 28.3. The highest BCUT2D eigenvalue weighted by atomic mass is 32.2. The van der Waals surface area contributed by atoms with E-state index in [0.29, 0.717) is 17.1 Å². The number of hydrogen-bond donors (Lipinski definition) is 1. The minimum atomic E-state index is -1.18. The molecule has 10 heteroatoms. The number of anilines is 1. The van der Waals surface area contributed by atoms with Crippen LogP contribution in [0.5, 0.6) is 0 Å². The largest absolute Gasteiger partial charge is 0.477 e. The molecule has 9 nitrogen and oxygen atoms in total. The quantitative estimate of drug-likeness (QED) is 0.350. The van der Waals surface area contributed by atoms with Crippen LogP contribution in [0.3, 0.4) is 0 Å². The average molecular weight is 376 g/mol. The highest BCUT2D eigenvalue weighted by Gasteiger charge is 2.23. The summed E-state index contributed by atoms with van der Waals surface area (Å²) < 4.78 is 5.17. The molecule has 1 fully saturated rings. The molecular weight excluding hydrogens is 360 g/mol. The van der Waals surface area contributed by atoms with Crippen LogP contribution in [0, 0.1) is 17.0 Å². The molecule has 0 unspecified atom stereocenters. The Balaban J connectivity index is 1.93. The van der Waals surface area contributed by atoms with Gasteiger partial charge in [-0.1, -0.05) is 6.07 Å². The van der Waals surface area contributed by atoms with Gasteiger partial charge in [0.15, 0.2) is 0 Å². The van der Waals surface area contributed by atoms with E-state index in [1.807, 2.05) is 4.90 Å². The highest BCUT2D eigenvalue weighted by Crippen LogP contribution is 2.33. The van der Waals surface area contributed by atoms with Gasteiger partial charge in [-0.3, -0.25) is 10.1 Å². The van der Waals surface area contributed by atoms with Crippen molar-refractivity contribution in [2.75, 3.05) is 18.0 Å². The number of nitrogens with zero attached hydrogens (tertiary/aromatic N) is 4. The highest BCUT2D eigenvalue weighted by molar-refractivity contribution is 8.03. The maximum Gasteiger partial charge on any atom is 0.342 e. The molecule has 1 aromatic carbocycles. The minimum absolute atomic E-state index is 0.0379. The van der Waals surface area contributed by atoms with Gasteiger partial charge in [-0.15, -0.1) is 10.2 Å². The molecule has 0 atom stereocenters. The van der Waals surface area contributed by atoms with Crippen molar-refractivity contribution in [1.82, 2.24) is 10.2 Å². The Bertz CT molecular complexity index is 873. The van der Waals surface area contributed by atoms with Crippen LogP contribution in [-0.4, -0.2) is 39.3 Å². The second-order valence-electron chi connectivity index (χ2n) is 5.70. The molecule has 0 amide bonds. The van der Waals surface area contributed by atoms with Gasteiger partial charge in [-0.25, -0.2) is 4.79 Å². The zero-order chi connectivity index (χ0) is 18.7. The van der Waals surface area contributed by atoms with E-state index in [4.69, 9.17) is 4.42 Å². The van der Waals surface area contributed by atoms with Gasteiger partial charge in [0.25, 0.3) is 10.9 Å². The first kappa shape index (κ1) is 17.9. The van der Waals surface area contributed by atoms with Crippen molar-refractivity contribution in [2.24, 2.45) is 0 Å². The molecule has 2 aromatic rings. The number of carbonyl (C=O) groups is 1. The molecule has 0 saturated carbocycles. The van der Waals surface area contributed by atoms with E-state index in [2.05, 4.69) is 10.2 Å². The molecule has 26 heavy (non-hydrogen) atoms. The summed E-state index contributed by atoms with van der Waals surface area (Å²) in [5.41, 5.74) is 0.937. The van der Waals surface area contributed by atoms with Gasteiger partial charge in [0, 0.05) is 26.1 Å². The Hall–Kier alpha value is -2.88.